The molecule has 0 unspecified atom stereocenters. The fourth-order valence-electron chi connectivity index (χ4n) is 3.45. The number of amides is 1. The van der Waals surface area contributed by atoms with Crippen molar-refractivity contribution < 1.29 is 9.21 Å². The van der Waals surface area contributed by atoms with Crippen LogP contribution in [0.15, 0.2) is 63.5 Å². The molecule has 0 spiro atoms. The van der Waals surface area contributed by atoms with E-state index in [2.05, 4.69) is 37.6 Å². The van der Waals surface area contributed by atoms with E-state index in [9.17, 15) is 4.79 Å². The van der Waals surface area contributed by atoms with Crippen LogP contribution in [0.4, 0.5) is 5.69 Å². The molecule has 1 aromatic heterocycles. The number of carbonyl (C=O) groups excluding carboxylic acids is 1. The number of fused-ring (bicyclic) bond motifs is 1. The van der Waals surface area contributed by atoms with Gasteiger partial charge in [-0.25, -0.2) is 4.98 Å². The Labute approximate surface area is 194 Å². The highest BCUT2D eigenvalue weighted by molar-refractivity contribution is 9.10. The number of hydrogen-bond donors (Lipinski definition) is 2. The van der Waals surface area contributed by atoms with E-state index >= 15 is 0 Å². The number of aryl methyl sites for hydroxylation is 2. The Hall–Kier alpha value is -3.03. The van der Waals surface area contributed by atoms with Crippen molar-refractivity contribution in [2.45, 2.75) is 20.8 Å². The van der Waals surface area contributed by atoms with E-state index in [0.29, 0.717) is 11.5 Å². The average molecular weight is 494 g/mol. The number of aromatic nitrogens is 1. The second-order valence-corrected chi connectivity index (χ2v) is 8.67. The molecule has 1 amide bonds. The molecule has 4 rings (SSSR count). The number of hydrogen-bond acceptors (Lipinski definition) is 4. The van der Waals surface area contributed by atoms with Crippen molar-refractivity contribution in [2.75, 3.05) is 5.32 Å². The van der Waals surface area contributed by atoms with Crippen LogP contribution in [0.5, 0.6) is 0 Å². The largest absolute Gasteiger partial charge is 0.436 e. The van der Waals surface area contributed by atoms with Gasteiger partial charge in [-0.3, -0.25) is 10.1 Å². The SMILES string of the molecule is Cc1cc(C)c2oc(-c3cccc(NC(=S)NC(=O)c4cccc(Br)c4)c3C)nc2c1. The topological polar surface area (TPSA) is 67.2 Å². The summed E-state index contributed by atoms with van der Waals surface area (Å²) in [7, 11) is 0. The van der Waals surface area contributed by atoms with Crippen LogP contribution in [0.2, 0.25) is 0 Å². The maximum Gasteiger partial charge on any atom is 0.257 e. The number of oxazole rings is 1. The molecular weight excluding hydrogens is 474 g/mol. The molecule has 7 heteroatoms. The third-order valence-electron chi connectivity index (χ3n) is 4.95. The van der Waals surface area contributed by atoms with Crippen LogP contribution in [-0.2, 0) is 0 Å². The summed E-state index contributed by atoms with van der Waals surface area (Å²) in [5.74, 6) is 0.270. The van der Waals surface area contributed by atoms with E-state index in [1.165, 1.54) is 0 Å². The molecule has 31 heavy (non-hydrogen) atoms. The molecule has 0 fully saturated rings. The Balaban J connectivity index is 1.57. The molecule has 156 valence electrons. The first-order chi connectivity index (χ1) is 14.8. The zero-order chi connectivity index (χ0) is 22.1. The summed E-state index contributed by atoms with van der Waals surface area (Å²) in [5, 5.41) is 6.04. The van der Waals surface area contributed by atoms with Gasteiger partial charge in [0.25, 0.3) is 5.91 Å². The van der Waals surface area contributed by atoms with Crippen LogP contribution in [-0.4, -0.2) is 16.0 Å². The van der Waals surface area contributed by atoms with Crippen LogP contribution in [0.1, 0.15) is 27.0 Å². The highest BCUT2D eigenvalue weighted by Gasteiger charge is 2.15. The van der Waals surface area contributed by atoms with Gasteiger partial charge >= 0.3 is 0 Å². The van der Waals surface area contributed by atoms with Gasteiger partial charge in [0.05, 0.1) is 0 Å². The van der Waals surface area contributed by atoms with E-state index in [0.717, 1.165) is 43.5 Å². The predicted octanol–water partition coefficient (Wildman–Crippen LogP) is 6.31. The van der Waals surface area contributed by atoms with Gasteiger partial charge in [-0.15, -0.1) is 0 Å². The van der Waals surface area contributed by atoms with Gasteiger partial charge in [0.2, 0.25) is 5.89 Å². The van der Waals surface area contributed by atoms with Gasteiger partial charge in [-0.1, -0.05) is 34.1 Å². The molecule has 3 aromatic carbocycles. The average Bonchev–Trinajstić information content (AvgIpc) is 3.13. The molecule has 0 aliphatic rings. The third-order valence-corrected chi connectivity index (χ3v) is 5.64. The summed E-state index contributed by atoms with van der Waals surface area (Å²) in [4.78, 5) is 17.1. The lowest BCUT2D eigenvalue weighted by atomic mass is 10.1. The zero-order valence-corrected chi connectivity index (χ0v) is 19.6. The number of nitrogens with zero attached hydrogens (tertiary/aromatic N) is 1. The maximum atomic E-state index is 12.4. The standard InChI is InChI=1S/C24H20BrN3O2S/c1-13-10-14(2)21-20(11-13)26-23(30-21)18-8-5-9-19(15(18)3)27-24(31)28-22(29)16-6-4-7-17(25)12-16/h4-12H,1-3H3,(H2,27,28,29,31). The van der Waals surface area contributed by atoms with Crippen molar-refractivity contribution in [3.63, 3.8) is 0 Å². The monoisotopic (exact) mass is 493 g/mol. The van der Waals surface area contributed by atoms with E-state index in [-0.39, 0.29) is 11.0 Å². The number of nitrogens with one attached hydrogen (secondary N) is 2. The molecule has 0 radical (unpaired) electrons. The zero-order valence-electron chi connectivity index (χ0n) is 17.2. The van der Waals surface area contributed by atoms with Gasteiger partial charge in [0.1, 0.15) is 5.52 Å². The highest BCUT2D eigenvalue weighted by atomic mass is 79.9. The summed E-state index contributed by atoms with van der Waals surface area (Å²) in [6.45, 7) is 6.02. The fourth-order valence-corrected chi connectivity index (χ4v) is 4.06. The summed E-state index contributed by atoms with van der Waals surface area (Å²) in [6.07, 6.45) is 0. The van der Waals surface area contributed by atoms with E-state index in [1.807, 2.05) is 51.1 Å². The quantitative estimate of drug-likeness (QED) is 0.327. The van der Waals surface area contributed by atoms with Crippen molar-refractivity contribution in [2.24, 2.45) is 0 Å². The Morgan fingerprint density at radius 2 is 1.84 bits per heavy atom. The van der Waals surface area contributed by atoms with Gasteiger partial charge in [-0.05, 0) is 86.1 Å². The summed E-state index contributed by atoms with van der Waals surface area (Å²) >= 11 is 8.72. The number of halogens is 1. The minimum atomic E-state index is -0.280. The lowest BCUT2D eigenvalue weighted by Gasteiger charge is -2.13. The number of carbonyl (C=O) groups is 1. The summed E-state index contributed by atoms with van der Waals surface area (Å²) in [6, 6.07) is 17.0. The van der Waals surface area contributed by atoms with Crippen LogP contribution in [0.25, 0.3) is 22.6 Å². The molecule has 0 aliphatic heterocycles. The van der Waals surface area contributed by atoms with Gasteiger partial charge in [0, 0.05) is 21.3 Å². The minimum Gasteiger partial charge on any atom is -0.436 e. The smallest absolute Gasteiger partial charge is 0.257 e. The fraction of sp³-hybridized carbons (Fsp3) is 0.125. The molecule has 0 saturated heterocycles. The van der Waals surface area contributed by atoms with Crippen LogP contribution in [0, 0.1) is 20.8 Å². The number of thiocarbonyl (C=S) groups is 1. The van der Waals surface area contributed by atoms with Crippen LogP contribution in [0.3, 0.4) is 0 Å². The molecule has 4 aromatic rings. The van der Waals surface area contributed by atoms with Crippen molar-refractivity contribution >= 4 is 56.0 Å². The molecule has 1 heterocycles. The van der Waals surface area contributed by atoms with E-state index in [1.54, 1.807) is 18.2 Å². The van der Waals surface area contributed by atoms with Crippen molar-refractivity contribution in [3.05, 3.63) is 81.3 Å². The Kier molecular flexibility index (Phi) is 5.89. The lowest BCUT2D eigenvalue weighted by Crippen LogP contribution is -2.34. The summed E-state index contributed by atoms with van der Waals surface area (Å²) in [5.41, 5.74) is 6.88. The van der Waals surface area contributed by atoms with Crippen LogP contribution < -0.4 is 10.6 Å². The predicted molar refractivity (Wildman–Crippen MR) is 131 cm³/mol. The molecule has 0 saturated carbocycles. The molecule has 0 aliphatic carbocycles. The second-order valence-electron chi connectivity index (χ2n) is 7.35. The van der Waals surface area contributed by atoms with E-state index < -0.39 is 0 Å². The Bertz CT molecular complexity index is 1330. The number of benzene rings is 3. The normalized spacial score (nSPS) is 10.8. The number of anilines is 1. The first kappa shape index (κ1) is 21.2. The van der Waals surface area contributed by atoms with Crippen LogP contribution >= 0.6 is 28.1 Å². The first-order valence-electron chi connectivity index (χ1n) is 9.67. The Morgan fingerprint density at radius 3 is 2.61 bits per heavy atom. The van der Waals surface area contributed by atoms with Gasteiger partial charge in [-0.2, -0.15) is 0 Å². The lowest BCUT2D eigenvalue weighted by molar-refractivity contribution is 0.0977. The summed E-state index contributed by atoms with van der Waals surface area (Å²) < 4.78 is 6.89. The molecule has 0 atom stereocenters. The van der Waals surface area contributed by atoms with Gasteiger partial charge < -0.3 is 9.73 Å². The second kappa shape index (κ2) is 8.61. The molecular formula is C24H20BrN3O2S. The third kappa shape index (κ3) is 4.52. The number of rotatable bonds is 3. The van der Waals surface area contributed by atoms with Crippen molar-refractivity contribution in [1.82, 2.24) is 10.3 Å². The Morgan fingerprint density at radius 1 is 1.06 bits per heavy atom. The first-order valence-corrected chi connectivity index (χ1v) is 10.9. The molecule has 5 nitrogen and oxygen atoms in total. The molecule has 0 bridgehead atoms. The molecule has 2 N–H and O–H groups in total. The maximum absolute atomic E-state index is 12.4. The highest BCUT2D eigenvalue weighted by Crippen LogP contribution is 2.32. The van der Waals surface area contributed by atoms with Gasteiger partial charge in [0.15, 0.2) is 10.7 Å². The van der Waals surface area contributed by atoms with Crippen molar-refractivity contribution in [1.29, 1.82) is 0 Å². The van der Waals surface area contributed by atoms with E-state index in [4.69, 9.17) is 16.6 Å². The minimum absolute atomic E-state index is 0.217. The van der Waals surface area contributed by atoms with Crippen molar-refractivity contribution in [3.8, 4) is 11.5 Å².